The maximum Gasteiger partial charge on any atom is 0.243 e. The Bertz CT molecular complexity index is 772. The number of nitrogens with one attached hydrogen (secondary N) is 2. The monoisotopic (exact) mass is 410 g/mol. The van der Waals surface area contributed by atoms with E-state index in [4.69, 9.17) is 0 Å². The van der Waals surface area contributed by atoms with Gasteiger partial charge in [-0.25, -0.2) is 8.42 Å². The summed E-state index contributed by atoms with van der Waals surface area (Å²) in [5.41, 5.74) is 0.515. The molecule has 28 heavy (non-hydrogen) atoms. The molecule has 0 radical (unpaired) electrons. The molecule has 0 aliphatic carbocycles. The Kier molecular flexibility index (Phi) is 7.97. The van der Waals surface area contributed by atoms with Gasteiger partial charge in [0.2, 0.25) is 21.8 Å². The highest BCUT2D eigenvalue weighted by molar-refractivity contribution is 7.89. The fraction of sp³-hybridized carbons (Fsp3) is 0.579. The average molecular weight is 411 g/mol. The van der Waals surface area contributed by atoms with E-state index < -0.39 is 10.0 Å². The minimum absolute atomic E-state index is 0.0739. The van der Waals surface area contributed by atoms with E-state index in [-0.39, 0.29) is 29.3 Å². The van der Waals surface area contributed by atoms with Crippen molar-refractivity contribution in [3.8, 4) is 0 Å². The molecule has 2 N–H and O–H groups in total. The van der Waals surface area contributed by atoms with Crippen LogP contribution in [0.25, 0.3) is 0 Å². The number of benzene rings is 1. The first-order valence-corrected chi connectivity index (χ1v) is 11.0. The molecule has 0 atom stereocenters. The van der Waals surface area contributed by atoms with Crippen LogP contribution < -0.4 is 10.6 Å². The smallest absolute Gasteiger partial charge is 0.243 e. The van der Waals surface area contributed by atoms with Gasteiger partial charge in [0.25, 0.3) is 0 Å². The average Bonchev–Trinajstić information content (AvgIpc) is 2.63. The maximum absolute atomic E-state index is 12.7. The van der Waals surface area contributed by atoms with E-state index in [1.54, 1.807) is 0 Å². The van der Waals surface area contributed by atoms with Crippen LogP contribution in [0.2, 0.25) is 0 Å². The van der Waals surface area contributed by atoms with E-state index in [2.05, 4.69) is 22.5 Å². The minimum atomic E-state index is -3.78. The van der Waals surface area contributed by atoms with Crippen LogP contribution in [0.5, 0.6) is 0 Å². The zero-order valence-electron chi connectivity index (χ0n) is 16.8. The lowest BCUT2D eigenvalue weighted by atomic mass is 10.0. The summed E-state index contributed by atoms with van der Waals surface area (Å²) in [4.78, 5) is 25.8. The molecule has 1 aliphatic rings. The Labute approximate surface area is 167 Å². The number of likely N-dealkylation sites (tertiary alicyclic amines) is 1. The first-order valence-electron chi connectivity index (χ1n) is 9.58. The summed E-state index contributed by atoms with van der Waals surface area (Å²) >= 11 is 0. The second-order valence-corrected chi connectivity index (χ2v) is 9.19. The number of sulfonamides is 1. The molecule has 0 spiro atoms. The molecular formula is C19H30N4O4S. The van der Waals surface area contributed by atoms with E-state index in [1.165, 1.54) is 38.2 Å². The van der Waals surface area contributed by atoms with E-state index in [1.807, 2.05) is 0 Å². The molecule has 1 aliphatic heterocycles. The summed E-state index contributed by atoms with van der Waals surface area (Å²) in [6.07, 6.45) is 2.88. The first kappa shape index (κ1) is 22.3. The molecule has 8 nitrogen and oxygen atoms in total. The van der Waals surface area contributed by atoms with Crippen LogP contribution in [-0.4, -0.2) is 68.7 Å². The van der Waals surface area contributed by atoms with Crippen molar-refractivity contribution in [3.63, 3.8) is 0 Å². The van der Waals surface area contributed by atoms with Gasteiger partial charge >= 0.3 is 0 Å². The van der Waals surface area contributed by atoms with Gasteiger partial charge in [0.05, 0.1) is 11.4 Å². The summed E-state index contributed by atoms with van der Waals surface area (Å²) in [6, 6.07) is 5.96. The quantitative estimate of drug-likeness (QED) is 0.672. The molecule has 0 bridgehead atoms. The standard InChI is InChI=1S/C19H30N4O4S/c1-4-11-23-12-9-17(10-13-23)21-19(25)14-22(3)28(26,27)18-7-5-16(6-8-18)20-15(2)24/h5-8,17H,4,9-14H2,1-3H3,(H,20,24)(H,21,25). The van der Waals surface area contributed by atoms with Crippen molar-refractivity contribution in [2.75, 3.05) is 38.5 Å². The molecule has 1 aromatic rings. The second kappa shape index (κ2) is 9.99. The van der Waals surface area contributed by atoms with Crippen molar-refractivity contribution in [2.24, 2.45) is 0 Å². The van der Waals surface area contributed by atoms with Gasteiger partial charge in [-0.3, -0.25) is 9.59 Å². The van der Waals surface area contributed by atoms with Crippen molar-refractivity contribution in [3.05, 3.63) is 24.3 Å². The lowest BCUT2D eigenvalue weighted by molar-refractivity contribution is -0.122. The summed E-state index contributed by atoms with van der Waals surface area (Å²) in [6.45, 7) is 6.27. The van der Waals surface area contributed by atoms with Crippen LogP contribution in [0.15, 0.2) is 29.2 Å². The summed E-state index contributed by atoms with van der Waals surface area (Å²) < 4.78 is 26.4. The van der Waals surface area contributed by atoms with Crippen LogP contribution in [0.1, 0.15) is 33.1 Å². The molecule has 2 rings (SSSR count). The third kappa shape index (κ3) is 6.29. The Morgan fingerprint density at radius 1 is 1.18 bits per heavy atom. The number of amides is 2. The largest absolute Gasteiger partial charge is 0.352 e. The molecule has 2 amide bonds. The van der Waals surface area contributed by atoms with Crippen molar-refractivity contribution >= 4 is 27.5 Å². The number of likely N-dealkylation sites (N-methyl/N-ethyl adjacent to an activating group) is 1. The van der Waals surface area contributed by atoms with Crippen molar-refractivity contribution < 1.29 is 18.0 Å². The third-order valence-corrected chi connectivity index (χ3v) is 6.56. The maximum atomic E-state index is 12.7. The zero-order chi connectivity index (χ0) is 20.7. The summed E-state index contributed by atoms with van der Waals surface area (Å²) in [5.74, 6) is -0.528. The van der Waals surface area contributed by atoms with E-state index in [0.29, 0.717) is 5.69 Å². The zero-order valence-corrected chi connectivity index (χ0v) is 17.6. The Balaban J connectivity index is 1.89. The fourth-order valence-corrected chi connectivity index (χ4v) is 4.40. The number of hydrogen-bond donors (Lipinski definition) is 2. The van der Waals surface area contributed by atoms with Gasteiger partial charge in [-0.15, -0.1) is 0 Å². The van der Waals surface area contributed by atoms with Gasteiger partial charge in [0.1, 0.15) is 0 Å². The van der Waals surface area contributed by atoms with E-state index in [0.717, 1.165) is 43.2 Å². The van der Waals surface area contributed by atoms with E-state index >= 15 is 0 Å². The summed E-state index contributed by atoms with van der Waals surface area (Å²) in [5, 5.41) is 5.53. The van der Waals surface area contributed by atoms with Gasteiger partial charge in [0.15, 0.2) is 0 Å². The molecule has 1 heterocycles. The highest BCUT2D eigenvalue weighted by Gasteiger charge is 2.25. The Morgan fingerprint density at radius 3 is 2.32 bits per heavy atom. The highest BCUT2D eigenvalue weighted by atomic mass is 32.2. The van der Waals surface area contributed by atoms with Crippen LogP contribution in [0, 0.1) is 0 Å². The fourth-order valence-electron chi connectivity index (χ4n) is 3.27. The van der Waals surface area contributed by atoms with Gasteiger partial charge in [0, 0.05) is 38.8 Å². The Morgan fingerprint density at radius 2 is 1.79 bits per heavy atom. The van der Waals surface area contributed by atoms with Crippen molar-refractivity contribution in [1.29, 1.82) is 0 Å². The van der Waals surface area contributed by atoms with Crippen molar-refractivity contribution in [1.82, 2.24) is 14.5 Å². The minimum Gasteiger partial charge on any atom is -0.352 e. The molecule has 0 unspecified atom stereocenters. The molecule has 0 saturated carbocycles. The van der Waals surface area contributed by atoms with Crippen molar-refractivity contribution in [2.45, 2.75) is 44.0 Å². The van der Waals surface area contributed by atoms with Crippen LogP contribution in [0.3, 0.4) is 0 Å². The molecule has 156 valence electrons. The topological polar surface area (TPSA) is 98.8 Å². The lowest BCUT2D eigenvalue weighted by Crippen LogP contribution is -2.47. The molecule has 9 heteroatoms. The number of hydrogen-bond acceptors (Lipinski definition) is 5. The van der Waals surface area contributed by atoms with Crippen LogP contribution in [0.4, 0.5) is 5.69 Å². The van der Waals surface area contributed by atoms with Gasteiger partial charge < -0.3 is 15.5 Å². The normalized spacial score (nSPS) is 16.1. The third-order valence-electron chi connectivity index (χ3n) is 4.74. The predicted molar refractivity (Wildman–Crippen MR) is 108 cm³/mol. The number of nitrogens with zero attached hydrogens (tertiary/aromatic N) is 2. The van der Waals surface area contributed by atoms with Gasteiger partial charge in [-0.2, -0.15) is 4.31 Å². The predicted octanol–water partition coefficient (Wildman–Crippen LogP) is 1.26. The molecule has 1 fully saturated rings. The number of carbonyl (C=O) groups excluding carboxylic acids is 2. The molecule has 0 aromatic heterocycles. The number of carbonyl (C=O) groups is 2. The van der Waals surface area contributed by atoms with Crippen LogP contribution >= 0.6 is 0 Å². The lowest BCUT2D eigenvalue weighted by Gasteiger charge is -2.32. The molecule has 1 aromatic carbocycles. The molecular weight excluding hydrogens is 380 g/mol. The highest BCUT2D eigenvalue weighted by Crippen LogP contribution is 2.17. The Hall–Kier alpha value is -1.97. The first-order chi connectivity index (χ1) is 13.2. The second-order valence-electron chi connectivity index (χ2n) is 7.15. The summed E-state index contributed by atoms with van der Waals surface area (Å²) in [7, 11) is -2.40. The van der Waals surface area contributed by atoms with Gasteiger partial charge in [-0.05, 0) is 50.1 Å². The SMILES string of the molecule is CCCN1CCC(NC(=O)CN(C)S(=O)(=O)c2ccc(NC(C)=O)cc2)CC1. The van der Waals surface area contributed by atoms with Gasteiger partial charge in [-0.1, -0.05) is 6.92 Å². The van der Waals surface area contributed by atoms with E-state index in [9.17, 15) is 18.0 Å². The number of anilines is 1. The molecule has 1 saturated heterocycles. The van der Waals surface area contributed by atoms with Crippen LogP contribution in [-0.2, 0) is 19.6 Å². The number of rotatable bonds is 8. The number of piperidine rings is 1.